The Kier molecular flexibility index (Phi) is 2.94. The van der Waals surface area contributed by atoms with Gasteiger partial charge in [0.1, 0.15) is 17.1 Å². The van der Waals surface area contributed by atoms with Gasteiger partial charge in [0, 0.05) is 6.07 Å². The quantitative estimate of drug-likeness (QED) is 0.579. The van der Waals surface area contributed by atoms with Crippen LogP contribution in [0.2, 0.25) is 0 Å². The Labute approximate surface area is 129 Å². The number of thiophene rings is 2. The lowest BCUT2D eigenvalue weighted by Crippen LogP contribution is -1.92. The van der Waals surface area contributed by atoms with Crippen LogP contribution in [-0.2, 0) is 0 Å². The molecular formula is C16H10N2OS2. The van der Waals surface area contributed by atoms with E-state index in [1.54, 1.807) is 40.9 Å². The van der Waals surface area contributed by atoms with Crippen LogP contribution in [0.25, 0.3) is 32.2 Å². The Morgan fingerprint density at radius 2 is 1.38 bits per heavy atom. The number of hydrogen-bond acceptors (Lipinski definition) is 5. The zero-order valence-electron chi connectivity index (χ0n) is 10.9. The fraction of sp³-hybridized carbons (Fsp3) is 0. The van der Waals surface area contributed by atoms with Gasteiger partial charge >= 0.3 is 0 Å². The summed E-state index contributed by atoms with van der Waals surface area (Å²) in [6.07, 6.45) is 0. The van der Waals surface area contributed by atoms with E-state index < -0.39 is 0 Å². The van der Waals surface area contributed by atoms with Crippen molar-refractivity contribution in [1.82, 2.24) is 9.97 Å². The molecule has 0 amide bonds. The first-order chi connectivity index (χ1) is 10.3. The molecule has 0 saturated carbocycles. The highest BCUT2D eigenvalue weighted by atomic mass is 32.1. The van der Waals surface area contributed by atoms with Crippen molar-refractivity contribution in [3.8, 4) is 26.9 Å². The molecule has 0 unspecified atom stereocenters. The van der Waals surface area contributed by atoms with Crippen molar-refractivity contribution < 1.29 is 5.11 Å². The maximum absolute atomic E-state index is 9.64. The van der Waals surface area contributed by atoms with Crippen molar-refractivity contribution in [3.63, 3.8) is 0 Å². The summed E-state index contributed by atoms with van der Waals surface area (Å²) < 4.78 is 0. The smallest absolute Gasteiger partial charge is 0.117 e. The molecule has 3 nitrogen and oxygen atoms in total. The summed E-state index contributed by atoms with van der Waals surface area (Å²) in [6.45, 7) is 0. The summed E-state index contributed by atoms with van der Waals surface area (Å²) in [5.74, 6) is 0.206. The van der Waals surface area contributed by atoms with Gasteiger partial charge < -0.3 is 5.11 Å². The van der Waals surface area contributed by atoms with E-state index >= 15 is 0 Å². The second-order valence-corrected chi connectivity index (χ2v) is 6.44. The summed E-state index contributed by atoms with van der Waals surface area (Å²) in [6, 6.07) is 13.2. The highest BCUT2D eigenvalue weighted by Crippen LogP contribution is 2.35. The molecule has 102 valence electrons. The summed E-state index contributed by atoms with van der Waals surface area (Å²) in [7, 11) is 0. The molecule has 5 heteroatoms. The molecule has 0 aliphatic heterocycles. The van der Waals surface area contributed by atoms with Crippen LogP contribution in [0.4, 0.5) is 0 Å². The van der Waals surface area contributed by atoms with E-state index in [1.165, 1.54) is 0 Å². The summed E-state index contributed by atoms with van der Waals surface area (Å²) >= 11 is 3.29. The van der Waals surface area contributed by atoms with Gasteiger partial charge in [-0.2, -0.15) is 0 Å². The van der Waals surface area contributed by atoms with Gasteiger partial charge in [0.15, 0.2) is 0 Å². The molecule has 0 bridgehead atoms. The summed E-state index contributed by atoms with van der Waals surface area (Å²) in [4.78, 5) is 11.7. The van der Waals surface area contributed by atoms with Gasteiger partial charge in [0.05, 0.1) is 20.8 Å². The third-order valence-electron chi connectivity index (χ3n) is 3.16. The number of phenols is 1. The highest BCUT2D eigenvalue weighted by Gasteiger charge is 2.14. The van der Waals surface area contributed by atoms with Crippen molar-refractivity contribution in [2.45, 2.75) is 0 Å². The van der Waals surface area contributed by atoms with E-state index in [2.05, 4.69) is 6.07 Å². The molecule has 0 fully saturated rings. The van der Waals surface area contributed by atoms with Crippen molar-refractivity contribution in [2.24, 2.45) is 0 Å². The van der Waals surface area contributed by atoms with Gasteiger partial charge in [-0.15, -0.1) is 22.7 Å². The zero-order chi connectivity index (χ0) is 14.2. The van der Waals surface area contributed by atoms with Crippen molar-refractivity contribution in [3.05, 3.63) is 53.2 Å². The molecular weight excluding hydrogens is 300 g/mol. The van der Waals surface area contributed by atoms with Crippen LogP contribution in [0.3, 0.4) is 0 Å². The maximum Gasteiger partial charge on any atom is 0.117 e. The number of rotatable bonds is 2. The normalized spacial score (nSPS) is 11.0. The molecule has 1 N–H and O–H groups in total. The topological polar surface area (TPSA) is 46.0 Å². The average Bonchev–Trinajstić information content (AvgIpc) is 3.19. The van der Waals surface area contributed by atoms with Gasteiger partial charge in [-0.3, -0.25) is 0 Å². The summed E-state index contributed by atoms with van der Waals surface area (Å²) in [5.41, 5.74) is 3.26. The Morgan fingerprint density at radius 3 is 1.95 bits per heavy atom. The molecule has 4 aromatic rings. The monoisotopic (exact) mass is 310 g/mol. The van der Waals surface area contributed by atoms with Crippen molar-refractivity contribution in [2.75, 3.05) is 0 Å². The van der Waals surface area contributed by atoms with Crippen LogP contribution in [0.1, 0.15) is 0 Å². The van der Waals surface area contributed by atoms with Crippen LogP contribution < -0.4 is 0 Å². The van der Waals surface area contributed by atoms with E-state index in [0.717, 1.165) is 26.7 Å². The molecule has 3 aromatic heterocycles. The molecule has 0 aliphatic carbocycles. The average molecular weight is 310 g/mol. The van der Waals surface area contributed by atoms with Gasteiger partial charge in [-0.1, -0.05) is 12.1 Å². The van der Waals surface area contributed by atoms with E-state index in [0.29, 0.717) is 5.52 Å². The highest BCUT2D eigenvalue weighted by molar-refractivity contribution is 7.14. The van der Waals surface area contributed by atoms with Crippen LogP contribution in [0, 0.1) is 0 Å². The largest absolute Gasteiger partial charge is 0.508 e. The van der Waals surface area contributed by atoms with Crippen LogP contribution in [0.15, 0.2) is 53.2 Å². The van der Waals surface area contributed by atoms with Gasteiger partial charge in [0.25, 0.3) is 0 Å². The number of hydrogen-bond donors (Lipinski definition) is 1. The molecule has 3 heterocycles. The van der Waals surface area contributed by atoms with Crippen LogP contribution in [-0.4, -0.2) is 15.1 Å². The first kappa shape index (κ1) is 12.5. The second kappa shape index (κ2) is 4.95. The fourth-order valence-electron chi connectivity index (χ4n) is 2.21. The minimum absolute atomic E-state index is 0.206. The zero-order valence-corrected chi connectivity index (χ0v) is 12.5. The Bertz CT molecular complexity index is 900. The van der Waals surface area contributed by atoms with E-state index in [9.17, 15) is 5.11 Å². The number of phenolic OH excluding ortho intramolecular Hbond substituents is 1. The molecule has 0 spiro atoms. The Morgan fingerprint density at radius 1 is 0.762 bits per heavy atom. The fourth-order valence-corrected chi connectivity index (χ4v) is 3.64. The molecule has 1 aromatic carbocycles. The van der Waals surface area contributed by atoms with Crippen LogP contribution >= 0.6 is 22.7 Å². The number of benzene rings is 1. The minimum atomic E-state index is 0.206. The molecule has 0 aliphatic rings. The van der Waals surface area contributed by atoms with E-state index in [4.69, 9.17) is 9.97 Å². The molecule has 0 radical (unpaired) electrons. The number of fused-ring (bicyclic) bond motifs is 1. The lowest BCUT2D eigenvalue weighted by Gasteiger charge is -2.07. The predicted molar refractivity (Wildman–Crippen MR) is 87.8 cm³/mol. The minimum Gasteiger partial charge on any atom is -0.508 e. The summed E-state index contributed by atoms with van der Waals surface area (Å²) in [5, 5.41) is 13.7. The predicted octanol–water partition coefficient (Wildman–Crippen LogP) is 4.79. The third-order valence-corrected chi connectivity index (χ3v) is 4.91. The van der Waals surface area contributed by atoms with Gasteiger partial charge in [-0.05, 0) is 35.0 Å². The standard InChI is InChI=1S/C16H10N2OS2/c19-10-5-6-11-12(9-10)18-16(14-4-2-8-21-14)15(17-11)13-3-1-7-20-13/h1-9,19H. The Balaban J connectivity index is 2.05. The van der Waals surface area contributed by atoms with Crippen molar-refractivity contribution >= 4 is 33.7 Å². The van der Waals surface area contributed by atoms with E-state index in [1.807, 2.05) is 29.0 Å². The molecule has 21 heavy (non-hydrogen) atoms. The van der Waals surface area contributed by atoms with Gasteiger partial charge in [-0.25, -0.2) is 9.97 Å². The third kappa shape index (κ3) is 2.20. The first-order valence-corrected chi connectivity index (χ1v) is 8.16. The second-order valence-electron chi connectivity index (χ2n) is 4.55. The maximum atomic E-state index is 9.64. The van der Waals surface area contributed by atoms with Crippen LogP contribution in [0.5, 0.6) is 5.75 Å². The van der Waals surface area contributed by atoms with Gasteiger partial charge in [0.2, 0.25) is 0 Å². The van der Waals surface area contributed by atoms with E-state index in [-0.39, 0.29) is 5.75 Å². The molecule has 4 rings (SSSR count). The number of aromatic hydroxyl groups is 1. The lowest BCUT2D eigenvalue weighted by atomic mass is 10.2. The number of aromatic nitrogens is 2. The molecule has 0 atom stereocenters. The number of nitrogens with zero attached hydrogens (tertiary/aromatic N) is 2. The lowest BCUT2D eigenvalue weighted by molar-refractivity contribution is 0.476. The molecule has 0 saturated heterocycles. The SMILES string of the molecule is Oc1ccc2nc(-c3cccs3)c(-c3cccs3)nc2c1. The Hall–Kier alpha value is -2.24. The first-order valence-electron chi connectivity index (χ1n) is 6.40. The van der Waals surface area contributed by atoms with Crippen molar-refractivity contribution in [1.29, 1.82) is 0 Å².